The summed E-state index contributed by atoms with van der Waals surface area (Å²) in [5, 5.41) is 1.05. The maximum Gasteiger partial charge on any atom is 0.165 e. The molecule has 0 aliphatic carbocycles. The minimum Gasteiger partial charge on any atom is -0.379 e. The van der Waals surface area contributed by atoms with Crippen molar-refractivity contribution in [2.75, 3.05) is 32.8 Å². The van der Waals surface area contributed by atoms with Crippen molar-refractivity contribution in [3.8, 4) is 0 Å². The van der Waals surface area contributed by atoms with E-state index in [1.165, 1.54) is 0 Å². The number of morpholine rings is 1. The van der Waals surface area contributed by atoms with Gasteiger partial charge < -0.3 is 9.30 Å². The second kappa shape index (κ2) is 7.77. The average Bonchev–Trinajstić information content (AvgIpc) is 2.99. The van der Waals surface area contributed by atoms with Gasteiger partial charge in [-0.05, 0) is 18.4 Å². The molecule has 1 fully saturated rings. The molecule has 0 amide bonds. The predicted octanol–water partition coefficient (Wildman–Crippen LogP) is 4.15. The van der Waals surface area contributed by atoms with Gasteiger partial charge in [0.2, 0.25) is 0 Å². The van der Waals surface area contributed by atoms with Crippen molar-refractivity contribution in [3.05, 3.63) is 48.2 Å². The fourth-order valence-corrected chi connectivity index (χ4v) is 3.38. The largest absolute Gasteiger partial charge is 0.379 e. The Labute approximate surface area is 156 Å². The number of benzene rings is 1. The lowest BCUT2D eigenvalue weighted by Crippen LogP contribution is -2.38. The van der Waals surface area contributed by atoms with E-state index in [2.05, 4.69) is 42.0 Å². The third-order valence-corrected chi connectivity index (χ3v) is 5.61. The molecule has 1 aromatic carbocycles. The summed E-state index contributed by atoms with van der Waals surface area (Å²) in [5.41, 5.74) is 2.82. The molecule has 3 rings (SSSR count). The molecule has 0 radical (unpaired) electrons. The van der Waals surface area contributed by atoms with Crippen molar-refractivity contribution < 1.29 is 9.53 Å². The molecule has 0 atom stereocenters. The maximum absolute atomic E-state index is 13.0. The first-order valence-electron chi connectivity index (χ1n) is 9.45. The minimum absolute atomic E-state index is 0.186. The zero-order valence-corrected chi connectivity index (χ0v) is 16.3. The van der Waals surface area contributed by atoms with E-state index in [-0.39, 0.29) is 11.2 Å². The van der Waals surface area contributed by atoms with Crippen LogP contribution in [0.15, 0.2) is 42.6 Å². The number of carbonyl (C=O) groups excluding carboxylic acids is 1. The number of Topliss-reactive ketones (excluding diaryl/α,β-unsaturated/α-hetero) is 1. The quantitative estimate of drug-likeness (QED) is 0.553. The number of hydrogen-bond donors (Lipinski definition) is 0. The van der Waals surface area contributed by atoms with Crippen molar-refractivity contribution in [3.63, 3.8) is 0 Å². The van der Waals surface area contributed by atoms with E-state index < -0.39 is 0 Å². The second-order valence-corrected chi connectivity index (χ2v) is 7.97. The maximum atomic E-state index is 13.0. The molecule has 1 aliphatic heterocycles. The molecule has 4 nitrogen and oxygen atoms in total. The van der Waals surface area contributed by atoms with Gasteiger partial charge in [0.05, 0.1) is 13.2 Å². The minimum atomic E-state index is -0.186. The normalized spacial score (nSPS) is 16.1. The van der Waals surface area contributed by atoms with Crippen molar-refractivity contribution >= 4 is 16.7 Å². The molecule has 2 heterocycles. The lowest BCUT2D eigenvalue weighted by Gasteiger charge is -2.26. The zero-order chi connectivity index (χ0) is 18.7. The van der Waals surface area contributed by atoms with Crippen LogP contribution in [-0.4, -0.2) is 48.1 Å². The van der Waals surface area contributed by atoms with E-state index in [0.717, 1.165) is 61.4 Å². The van der Waals surface area contributed by atoms with E-state index in [1.807, 2.05) is 25.3 Å². The van der Waals surface area contributed by atoms with Crippen molar-refractivity contribution in [1.82, 2.24) is 9.47 Å². The molecule has 0 unspecified atom stereocenters. The number of fused-ring (bicyclic) bond motifs is 1. The van der Waals surface area contributed by atoms with Gasteiger partial charge in [-0.1, -0.05) is 44.2 Å². The van der Waals surface area contributed by atoms with Crippen LogP contribution in [0.2, 0.25) is 0 Å². The monoisotopic (exact) mass is 354 g/mol. The van der Waals surface area contributed by atoms with Crippen LogP contribution in [0.4, 0.5) is 0 Å². The molecule has 1 aliphatic rings. The van der Waals surface area contributed by atoms with Crippen LogP contribution in [0.1, 0.15) is 37.6 Å². The molecule has 140 valence electrons. The second-order valence-electron chi connectivity index (χ2n) is 7.97. The Hall–Kier alpha value is -1.91. The number of ketones is 1. The number of nitrogens with zero attached hydrogens (tertiary/aromatic N) is 2. The molecule has 1 aromatic heterocycles. The number of para-hydroxylation sites is 1. The van der Waals surface area contributed by atoms with Crippen LogP contribution < -0.4 is 0 Å². The first kappa shape index (κ1) is 18.9. The topological polar surface area (TPSA) is 34.5 Å². The lowest BCUT2D eigenvalue weighted by atomic mass is 9.80. The molecule has 0 saturated carbocycles. The highest BCUT2D eigenvalue weighted by Gasteiger charge is 2.25. The summed E-state index contributed by atoms with van der Waals surface area (Å²) in [5.74, 6) is 0.194. The van der Waals surface area contributed by atoms with Gasteiger partial charge in [0.25, 0.3) is 0 Å². The van der Waals surface area contributed by atoms with Gasteiger partial charge in [-0.15, -0.1) is 0 Å². The number of carbonyl (C=O) groups is 1. The van der Waals surface area contributed by atoms with E-state index in [1.54, 1.807) is 0 Å². The fraction of sp³-hybridized carbons (Fsp3) is 0.500. The van der Waals surface area contributed by atoms with E-state index in [9.17, 15) is 4.79 Å². The number of allylic oxidation sites excluding steroid dienone is 1. The van der Waals surface area contributed by atoms with Gasteiger partial charge >= 0.3 is 0 Å². The molecule has 26 heavy (non-hydrogen) atoms. The van der Waals surface area contributed by atoms with Gasteiger partial charge in [0.15, 0.2) is 5.78 Å². The molecular weight excluding hydrogens is 324 g/mol. The van der Waals surface area contributed by atoms with Crippen LogP contribution in [0.5, 0.6) is 0 Å². The number of aromatic nitrogens is 1. The van der Waals surface area contributed by atoms with E-state index >= 15 is 0 Å². The summed E-state index contributed by atoms with van der Waals surface area (Å²) in [6.45, 7) is 15.7. The summed E-state index contributed by atoms with van der Waals surface area (Å²) in [4.78, 5) is 15.4. The number of hydrogen-bond acceptors (Lipinski definition) is 3. The van der Waals surface area contributed by atoms with Crippen LogP contribution in [0.25, 0.3) is 10.9 Å². The van der Waals surface area contributed by atoms with Crippen LogP contribution >= 0.6 is 0 Å². The highest BCUT2D eigenvalue weighted by Crippen LogP contribution is 2.32. The smallest absolute Gasteiger partial charge is 0.165 e. The van der Waals surface area contributed by atoms with Crippen LogP contribution in [0, 0.1) is 5.41 Å². The van der Waals surface area contributed by atoms with E-state index in [4.69, 9.17) is 4.74 Å². The third-order valence-electron chi connectivity index (χ3n) is 5.61. The molecule has 2 aromatic rings. The Morgan fingerprint density at radius 2 is 1.88 bits per heavy atom. The SMILES string of the molecule is C=C(C)C(C)(C)CC(=O)c1cn(CCN2CCOCC2)c2ccccc12. The number of rotatable bonds is 7. The standard InChI is InChI=1S/C22H30N2O2/c1-17(2)22(3,4)15-21(25)19-16-24(20-8-6-5-7-18(19)20)10-9-23-11-13-26-14-12-23/h5-8,16H,1,9-15H2,2-4H3. The van der Waals surface area contributed by atoms with Crippen LogP contribution in [0.3, 0.4) is 0 Å². The van der Waals surface area contributed by atoms with Crippen LogP contribution in [-0.2, 0) is 11.3 Å². The Morgan fingerprint density at radius 1 is 1.19 bits per heavy atom. The van der Waals surface area contributed by atoms with Gasteiger partial charge in [-0.3, -0.25) is 9.69 Å². The first-order chi connectivity index (χ1) is 12.4. The first-order valence-corrected chi connectivity index (χ1v) is 9.45. The summed E-state index contributed by atoms with van der Waals surface area (Å²) >= 11 is 0. The average molecular weight is 354 g/mol. The Bertz CT molecular complexity index is 798. The highest BCUT2D eigenvalue weighted by atomic mass is 16.5. The summed E-state index contributed by atoms with van der Waals surface area (Å²) in [6.07, 6.45) is 2.53. The zero-order valence-electron chi connectivity index (χ0n) is 16.3. The van der Waals surface area contributed by atoms with Gasteiger partial charge in [0.1, 0.15) is 0 Å². The number of ether oxygens (including phenoxy) is 1. The molecule has 0 bridgehead atoms. The van der Waals surface area contributed by atoms with Crippen molar-refractivity contribution in [2.24, 2.45) is 5.41 Å². The summed E-state index contributed by atoms with van der Waals surface area (Å²) < 4.78 is 7.65. The molecule has 4 heteroatoms. The Kier molecular flexibility index (Phi) is 5.64. The van der Waals surface area contributed by atoms with E-state index in [0.29, 0.717) is 6.42 Å². The Morgan fingerprint density at radius 3 is 2.58 bits per heavy atom. The highest BCUT2D eigenvalue weighted by molar-refractivity contribution is 6.08. The van der Waals surface area contributed by atoms with Gasteiger partial charge in [-0.2, -0.15) is 0 Å². The molecule has 1 saturated heterocycles. The molecule has 0 N–H and O–H groups in total. The van der Waals surface area contributed by atoms with Gasteiger partial charge in [0, 0.05) is 55.3 Å². The lowest BCUT2D eigenvalue weighted by molar-refractivity contribution is 0.0365. The van der Waals surface area contributed by atoms with Gasteiger partial charge in [-0.25, -0.2) is 0 Å². The third kappa shape index (κ3) is 4.08. The summed E-state index contributed by atoms with van der Waals surface area (Å²) in [6, 6.07) is 8.21. The molecule has 0 spiro atoms. The van der Waals surface area contributed by atoms with Crippen molar-refractivity contribution in [1.29, 1.82) is 0 Å². The molecular formula is C22H30N2O2. The fourth-order valence-electron chi connectivity index (χ4n) is 3.38. The summed E-state index contributed by atoms with van der Waals surface area (Å²) in [7, 11) is 0. The Balaban J connectivity index is 1.82. The van der Waals surface area contributed by atoms with Crippen molar-refractivity contribution in [2.45, 2.75) is 33.7 Å². The predicted molar refractivity (Wildman–Crippen MR) is 107 cm³/mol.